The molecule has 0 saturated heterocycles. The lowest BCUT2D eigenvalue weighted by molar-refractivity contribution is -0.113. The zero-order valence-electron chi connectivity index (χ0n) is 21.0. The van der Waals surface area contributed by atoms with Crippen molar-refractivity contribution in [1.29, 1.82) is 0 Å². The summed E-state index contributed by atoms with van der Waals surface area (Å²) in [7, 11) is 0. The number of anilines is 1. The standard InChI is InChI=1S/C31H29N3O2S/c1-21-11-14-27(22(2)17-21)33-30(35)20-37-29-19-34(28-10-6-5-9-26(28)29)16-15-32-31(36)25-13-12-23-7-3-4-8-24(23)18-25/h3-14,17-19H,15-16,20H2,1-2H3,(H,32,36)(H,33,35). The smallest absolute Gasteiger partial charge is 0.251 e. The Hall–Kier alpha value is -4.03. The van der Waals surface area contributed by atoms with Gasteiger partial charge >= 0.3 is 0 Å². The third kappa shape index (κ3) is 5.70. The normalized spacial score (nSPS) is 11.1. The van der Waals surface area contributed by atoms with E-state index in [9.17, 15) is 9.59 Å². The highest BCUT2D eigenvalue weighted by molar-refractivity contribution is 8.00. The van der Waals surface area contributed by atoms with Gasteiger partial charge in [0.1, 0.15) is 0 Å². The second-order valence-corrected chi connectivity index (χ2v) is 10.2. The molecule has 2 amide bonds. The Morgan fingerprint density at radius 1 is 0.865 bits per heavy atom. The first-order valence-electron chi connectivity index (χ1n) is 12.3. The van der Waals surface area contributed by atoms with E-state index in [4.69, 9.17) is 0 Å². The van der Waals surface area contributed by atoms with Crippen LogP contribution >= 0.6 is 11.8 Å². The van der Waals surface area contributed by atoms with Crippen molar-refractivity contribution in [2.24, 2.45) is 0 Å². The molecule has 5 aromatic rings. The van der Waals surface area contributed by atoms with E-state index in [0.717, 1.165) is 37.8 Å². The number of thioether (sulfide) groups is 1. The van der Waals surface area contributed by atoms with Crippen molar-refractivity contribution in [3.8, 4) is 0 Å². The largest absolute Gasteiger partial charge is 0.350 e. The van der Waals surface area contributed by atoms with Crippen LogP contribution in [0.1, 0.15) is 21.5 Å². The molecule has 5 rings (SSSR count). The minimum atomic E-state index is -0.0834. The molecule has 5 nitrogen and oxygen atoms in total. The number of benzene rings is 4. The number of carbonyl (C=O) groups is 2. The van der Waals surface area contributed by atoms with Crippen LogP contribution in [-0.4, -0.2) is 28.7 Å². The molecule has 0 bridgehead atoms. The Balaban J connectivity index is 1.22. The second-order valence-electron chi connectivity index (χ2n) is 9.18. The molecule has 0 radical (unpaired) electrons. The highest BCUT2D eigenvalue weighted by Gasteiger charge is 2.12. The highest BCUT2D eigenvalue weighted by atomic mass is 32.2. The minimum absolute atomic E-state index is 0.0311. The van der Waals surface area contributed by atoms with Crippen LogP contribution in [0.15, 0.2) is 96.0 Å². The average molecular weight is 508 g/mol. The van der Waals surface area contributed by atoms with Crippen molar-refractivity contribution in [3.05, 3.63) is 108 Å². The van der Waals surface area contributed by atoms with E-state index in [0.29, 0.717) is 24.4 Å². The maximum atomic E-state index is 12.7. The lowest BCUT2D eigenvalue weighted by Gasteiger charge is -2.09. The summed E-state index contributed by atoms with van der Waals surface area (Å²) in [5, 5.41) is 9.34. The number of hydrogen-bond acceptors (Lipinski definition) is 3. The summed E-state index contributed by atoms with van der Waals surface area (Å²) < 4.78 is 2.14. The number of nitrogens with zero attached hydrogens (tertiary/aromatic N) is 1. The van der Waals surface area contributed by atoms with E-state index in [2.05, 4.69) is 39.6 Å². The van der Waals surface area contributed by atoms with Crippen molar-refractivity contribution in [2.45, 2.75) is 25.3 Å². The fraction of sp³-hybridized carbons (Fsp3) is 0.161. The Morgan fingerprint density at radius 2 is 1.65 bits per heavy atom. The lowest BCUT2D eigenvalue weighted by Crippen LogP contribution is -2.27. The summed E-state index contributed by atoms with van der Waals surface area (Å²) in [6, 6.07) is 28.0. The molecular weight excluding hydrogens is 478 g/mol. The van der Waals surface area contributed by atoms with E-state index < -0.39 is 0 Å². The SMILES string of the molecule is Cc1ccc(NC(=O)CSc2cn(CCNC(=O)c3ccc4ccccc4c3)c3ccccc23)c(C)c1. The number of nitrogens with one attached hydrogen (secondary N) is 2. The number of rotatable bonds is 8. The predicted molar refractivity (Wildman–Crippen MR) is 153 cm³/mol. The molecule has 0 aliphatic heterocycles. The quantitative estimate of drug-likeness (QED) is 0.234. The topological polar surface area (TPSA) is 63.1 Å². The molecule has 6 heteroatoms. The van der Waals surface area contributed by atoms with E-state index in [-0.39, 0.29) is 11.8 Å². The Morgan fingerprint density at radius 3 is 2.49 bits per heavy atom. The van der Waals surface area contributed by atoms with Gasteiger partial charge in [-0.15, -0.1) is 11.8 Å². The molecule has 1 aromatic heterocycles. The van der Waals surface area contributed by atoms with Crippen LogP contribution in [0.4, 0.5) is 5.69 Å². The molecular formula is C31H29N3O2S. The summed E-state index contributed by atoms with van der Waals surface area (Å²) in [6.45, 7) is 5.18. The van der Waals surface area contributed by atoms with Crippen LogP contribution in [0, 0.1) is 13.8 Å². The third-order valence-corrected chi connectivity index (χ3v) is 7.46. The van der Waals surface area contributed by atoms with Gasteiger partial charge in [-0.25, -0.2) is 0 Å². The van der Waals surface area contributed by atoms with Crippen LogP contribution in [0.5, 0.6) is 0 Å². The maximum absolute atomic E-state index is 12.7. The van der Waals surface area contributed by atoms with Gasteiger partial charge in [0.2, 0.25) is 5.91 Å². The summed E-state index contributed by atoms with van der Waals surface area (Å²) >= 11 is 1.52. The van der Waals surface area contributed by atoms with Crippen LogP contribution in [-0.2, 0) is 11.3 Å². The van der Waals surface area contributed by atoms with Crippen molar-refractivity contribution >= 4 is 50.9 Å². The van der Waals surface area contributed by atoms with Gasteiger partial charge in [-0.3, -0.25) is 9.59 Å². The first-order valence-corrected chi connectivity index (χ1v) is 13.3. The van der Waals surface area contributed by atoms with Crippen molar-refractivity contribution in [2.75, 3.05) is 17.6 Å². The molecule has 4 aromatic carbocycles. The van der Waals surface area contributed by atoms with E-state index in [1.165, 1.54) is 17.3 Å². The fourth-order valence-corrected chi connectivity index (χ4v) is 5.41. The van der Waals surface area contributed by atoms with E-state index in [1.807, 2.05) is 80.6 Å². The van der Waals surface area contributed by atoms with Gasteiger partial charge in [0.05, 0.1) is 5.75 Å². The molecule has 1 heterocycles. The van der Waals surface area contributed by atoms with Gasteiger partial charge in [0.15, 0.2) is 0 Å². The number of carbonyl (C=O) groups excluding carboxylic acids is 2. The number of para-hydroxylation sites is 1. The Bertz CT molecular complexity index is 1610. The van der Waals surface area contributed by atoms with E-state index >= 15 is 0 Å². The van der Waals surface area contributed by atoms with Crippen LogP contribution < -0.4 is 10.6 Å². The molecule has 37 heavy (non-hydrogen) atoms. The summed E-state index contributed by atoms with van der Waals surface area (Å²) in [6.07, 6.45) is 2.07. The van der Waals surface area contributed by atoms with Crippen LogP contribution in [0.3, 0.4) is 0 Å². The monoisotopic (exact) mass is 507 g/mol. The first kappa shape index (κ1) is 24.7. The summed E-state index contributed by atoms with van der Waals surface area (Å²) in [4.78, 5) is 26.4. The van der Waals surface area contributed by atoms with Crippen LogP contribution in [0.25, 0.3) is 21.7 Å². The Kier molecular flexibility index (Phi) is 7.28. The fourth-order valence-electron chi connectivity index (χ4n) is 4.52. The first-order chi connectivity index (χ1) is 18.0. The summed E-state index contributed by atoms with van der Waals surface area (Å²) in [5.41, 5.74) is 4.81. The Labute approximate surface area is 220 Å². The molecule has 0 aliphatic carbocycles. The molecule has 0 unspecified atom stereocenters. The molecule has 0 fully saturated rings. The van der Waals surface area contributed by atoms with Gasteiger partial charge in [0.25, 0.3) is 5.91 Å². The molecule has 0 saturated carbocycles. The molecule has 0 spiro atoms. The predicted octanol–water partition coefficient (Wildman–Crippen LogP) is 6.57. The average Bonchev–Trinajstić information content (AvgIpc) is 3.26. The molecule has 186 valence electrons. The van der Waals surface area contributed by atoms with Crippen molar-refractivity contribution in [1.82, 2.24) is 9.88 Å². The highest BCUT2D eigenvalue weighted by Crippen LogP contribution is 2.30. The molecule has 0 aliphatic rings. The van der Waals surface area contributed by atoms with Crippen molar-refractivity contribution < 1.29 is 9.59 Å². The van der Waals surface area contributed by atoms with Gasteiger partial charge in [0, 0.05) is 46.3 Å². The third-order valence-electron chi connectivity index (χ3n) is 6.42. The number of fused-ring (bicyclic) bond motifs is 2. The number of amides is 2. The van der Waals surface area contributed by atoms with Gasteiger partial charge < -0.3 is 15.2 Å². The van der Waals surface area contributed by atoms with Gasteiger partial charge in [-0.1, -0.05) is 66.2 Å². The zero-order chi connectivity index (χ0) is 25.8. The molecule has 2 N–H and O–H groups in total. The second kappa shape index (κ2) is 10.9. The number of aryl methyl sites for hydroxylation is 2. The van der Waals surface area contributed by atoms with Crippen molar-refractivity contribution in [3.63, 3.8) is 0 Å². The lowest BCUT2D eigenvalue weighted by atomic mass is 10.1. The number of aromatic nitrogens is 1. The van der Waals surface area contributed by atoms with Gasteiger partial charge in [-0.2, -0.15) is 0 Å². The zero-order valence-corrected chi connectivity index (χ0v) is 21.8. The van der Waals surface area contributed by atoms with Gasteiger partial charge in [-0.05, 0) is 54.4 Å². The van der Waals surface area contributed by atoms with E-state index in [1.54, 1.807) is 0 Å². The van der Waals surface area contributed by atoms with Crippen LogP contribution in [0.2, 0.25) is 0 Å². The number of hydrogen-bond donors (Lipinski definition) is 2. The minimum Gasteiger partial charge on any atom is -0.350 e. The molecule has 0 atom stereocenters. The summed E-state index contributed by atoms with van der Waals surface area (Å²) in [5.74, 6) is 0.205. The maximum Gasteiger partial charge on any atom is 0.251 e.